The van der Waals surface area contributed by atoms with Crippen molar-refractivity contribution in [3.05, 3.63) is 86.8 Å². The Hall–Kier alpha value is -3.73. The lowest BCUT2D eigenvalue weighted by Gasteiger charge is -2.40. The van der Waals surface area contributed by atoms with Crippen LogP contribution in [0.4, 0.5) is 39.0 Å². The summed E-state index contributed by atoms with van der Waals surface area (Å²) in [5.41, 5.74) is -0.644. The average Bonchev–Trinajstić information content (AvgIpc) is 2.81. The molecule has 3 aromatic rings. The van der Waals surface area contributed by atoms with E-state index >= 15 is 0 Å². The summed E-state index contributed by atoms with van der Waals surface area (Å²) in [5.74, 6) is -2.82. The van der Waals surface area contributed by atoms with Crippen molar-refractivity contribution in [3.8, 4) is 0 Å². The van der Waals surface area contributed by atoms with E-state index in [1.807, 2.05) is 0 Å². The fourth-order valence-corrected chi connectivity index (χ4v) is 4.76. The number of H-pyrrole nitrogens is 1. The summed E-state index contributed by atoms with van der Waals surface area (Å²) in [6.07, 6.45) is -4.02. The number of aryl methyl sites for hydroxylation is 1. The van der Waals surface area contributed by atoms with E-state index in [2.05, 4.69) is 10.3 Å². The summed E-state index contributed by atoms with van der Waals surface area (Å²) in [7, 11) is 0. The first-order valence-electron chi connectivity index (χ1n) is 11.3. The number of alkyl halides is 3. The zero-order valence-corrected chi connectivity index (χ0v) is 19.0. The van der Waals surface area contributed by atoms with Crippen LogP contribution in [0.5, 0.6) is 0 Å². The minimum atomic E-state index is -4.99. The number of aromatic nitrogens is 1. The zero-order chi connectivity index (χ0) is 25.8. The molecule has 2 aromatic carbocycles. The summed E-state index contributed by atoms with van der Waals surface area (Å²) < 4.78 is 69.7. The predicted octanol–water partition coefficient (Wildman–Crippen LogP) is 5.02. The van der Waals surface area contributed by atoms with Gasteiger partial charge in [0.2, 0.25) is 5.56 Å². The molecule has 11 heteroatoms. The molecule has 3 heterocycles. The highest BCUT2D eigenvalue weighted by Crippen LogP contribution is 2.43. The Labute approximate surface area is 202 Å². The van der Waals surface area contributed by atoms with Crippen molar-refractivity contribution in [2.45, 2.75) is 32.0 Å². The number of aromatic amines is 1. The number of carbonyl (C=O) groups is 1. The van der Waals surface area contributed by atoms with Gasteiger partial charge in [-0.1, -0.05) is 0 Å². The summed E-state index contributed by atoms with van der Waals surface area (Å²) in [5, 5.41) is 3.27. The van der Waals surface area contributed by atoms with Crippen LogP contribution in [0.15, 0.2) is 47.3 Å². The molecule has 188 valence electrons. The Kier molecular flexibility index (Phi) is 5.82. The lowest BCUT2D eigenvalue weighted by atomic mass is 9.98. The highest BCUT2D eigenvalue weighted by atomic mass is 19.4. The van der Waals surface area contributed by atoms with Gasteiger partial charge in [0.05, 0.1) is 22.5 Å². The molecule has 2 N–H and O–H groups in total. The Balaban J connectivity index is 1.80. The summed E-state index contributed by atoms with van der Waals surface area (Å²) in [6, 6.07) is 7.40. The Morgan fingerprint density at radius 1 is 0.944 bits per heavy atom. The first-order valence-corrected chi connectivity index (χ1v) is 11.3. The van der Waals surface area contributed by atoms with Crippen LogP contribution in [0, 0.1) is 11.6 Å². The topological polar surface area (TPSA) is 68.4 Å². The maximum absolute atomic E-state index is 14.6. The van der Waals surface area contributed by atoms with Gasteiger partial charge in [0.15, 0.2) is 0 Å². The maximum Gasteiger partial charge on any atom is 0.419 e. The molecule has 2 aliphatic heterocycles. The monoisotopic (exact) mass is 504 g/mol. The third kappa shape index (κ3) is 4.13. The van der Waals surface area contributed by atoms with E-state index in [1.54, 1.807) is 6.92 Å². The highest BCUT2D eigenvalue weighted by Gasteiger charge is 2.40. The van der Waals surface area contributed by atoms with Gasteiger partial charge in [-0.3, -0.25) is 14.5 Å². The van der Waals surface area contributed by atoms with E-state index in [4.69, 9.17) is 0 Å². The van der Waals surface area contributed by atoms with Crippen molar-refractivity contribution in [1.29, 1.82) is 0 Å². The molecule has 0 aliphatic carbocycles. The summed E-state index contributed by atoms with van der Waals surface area (Å²) in [6.45, 7) is 2.04. The molecule has 2 aliphatic rings. The number of carbonyl (C=O) groups excluding carboxylic acids is 1. The molecule has 0 saturated heterocycles. The van der Waals surface area contributed by atoms with Gasteiger partial charge in [0, 0.05) is 23.5 Å². The van der Waals surface area contributed by atoms with Crippen molar-refractivity contribution < 1.29 is 26.7 Å². The second-order valence-corrected chi connectivity index (χ2v) is 8.82. The number of amides is 1. The van der Waals surface area contributed by atoms with Crippen LogP contribution in [-0.4, -0.2) is 24.1 Å². The number of hydrogen-bond donors (Lipinski definition) is 2. The van der Waals surface area contributed by atoms with E-state index in [0.717, 1.165) is 0 Å². The number of nitrogens with zero attached hydrogens (tertiary/aromatic N) is 2. The molecular weight excluding hydrogens is 483 g/mol. The minimum Gasteiger partial charge on any atom is -0.324 e. The Morgan fingerprint density at radius 3 is 2.44 bits per heavy atom. The fourth-order valence-electron chi connectivity index (χ4n) is 4.76. The Morgan fingerprint density at radius 2 is 1.69 bits per heavy atom. The lowest BCUT2D eigenvalue weighted by molar-refractivity contribution is -0.139. The third-order valence-electron chi connectivity index (χ3n) is 6.51. The number of rotatable bonds is 0. The van der Waals surface area contributed by atoms with E-state index in [0.29, 0.717) is 54.2 Å². The number of fused-ring (bicyclic) bond motifs is 8. The van der Waals surface area contributed by atoms with Crippen LogP contribution in [-0.2, 0) is 12.6 Å². The molecule has 2 bridgehead atoms. The van der Waals surface area contributed by atoms with Gasteiger partial charge in [-0.2, -0.15) is 13.2 Å². The first-order chi connectivity index (χ1) is 17.0. The van der Waals surface area contributed by atoms with Crippen molar-refractivity contribution in [1.82, 2.24) is 10.3 Å². The van der Waals surface area contributed by atoms with Gasteiger partial charge in [-0.25, -0.2) is 8.78 Å². The van der Waals surface area contributed by atoms with Gasteiger partial charge in [-0.05, 0) is 68.3 Å². The fraction of sp³-hybridized carbons (Fsp3) is 0.280. The molecule has 0 saturated carbocycles. The molecule has 1 aromatic heterocycles. The first kappa shape index (κ1) is 24.0. The smallest absolute Gasteiger partial charge is 0.324 e. The number of benzene rings is 2. The number of anilines is 3. The number of hydrogen-bond acceptors (Lipinski definition) is 4. The molecular formula is C25H21F5N4O2. The van der Waals surface area contributed by atoms with Gasteiger partial charge in [0.25, 0.3) is 5.91 Å². The van der Waals surface area contributed by atoms with E-state index < -0.39 is 35.3 Å². The highest BCUT2D eigenvalue weighted by molar-refractivity contribution is 6.13. The van der Waals surface area contributed by atoms with Crippen LogP contribution >= 0.6 is 0 Å². The molecule has 36 heavy (non-hydrogen) atoms. The van der Waals surface area contributed by atoms with Gasteiger partial charge in [0.1, 0.15) is 18.3 Å². The van der Waals surface area contributed by atoms with Crippen LogP contribution in [0.2, 0.25) is 0 Å². The molecule has 6 nitrogen and oxygen atoms in total. The third-order valence-corrected chi connectivity index (χ3v) is 6.51. The average molecular weight is 504 g/mol. The number of pyridine rings is 1. The normalized spacial score (nSPS) is 18.1. The van der Waals surface area contributed by atoms with Gasteiger partial charge < -0.3 is 15.2 Å². The summed E-state index contributed by atoms with van der Waals surface area (Å²) in [4.78, 5) is 31.0. The Bertz CT molecular complexity index is 1420. The quantitative estimate of drug-likeness (QED) is 0.422. The van der Waals surface area contributed by atoms with Crippen molar-refractivity contribution in [3.63, 3.8) is 0 Å². The van der Waals surface area contributed by atoms with E-state index in [9.17, 15) is 31.5 Å². The van der Waals surface area contributed by atoms with Crippen LogP contribution in [0.25, 0.3) is 0 Å². The van der Waals surface area contributed by atoms with Crippen LogP contribution in [0.3, 0.4) is 0 Å². The van der Waals surface area contributed by atoms with Gasteiger partial charge in [-0.15, -0.1) is 0 Å². The van der Waals surface area contributed by atoms with Crippen molar-refractivity contribution >= 4 is 23.0 Å². The number of nitrogens with one attached hydrogen (secondary N) is 2. The SMILES string of the molecule is C[C@H]1NCCCc2[nH]c(=O)ccc2N2CN(c3cc(C(F)(F)F)c(F)cc3C2=O)c2ccc(F)cc21. The van der Waals surface area contributed by atoms with Crippen molar-refractivity contribution in [2.75, 3.05) is 23.0 Å². The molecule has 0 radical (unpaired) electrons. The maximum atomic E-state index is 14.6. The second kappa shape index (κ2) is 8.74. The standard InChI is InChI=1S/C25H21F5N4O2/c1-13-15-9-14(26)4-5-20(15)33-12-34(21-6-7-23(35)32-19(21)3-2-8-31-13)24(36)16-10-18(27)17(11-22(16)33)25(28,29)30/h4-7,9-11,13,31H,2-3,8,12H2,1H3,(H,32,35)/t13-/m1/s1. The van der Waals surface area contributed by atoms with Gasteiger partial charge >= 0.3 is 6.18 Å². The van der Waals surface area contributed by atoms with E-state index in [-0.39, 0.29) is 23.5 Å². The van der Waals surface area contributed by atoms with Crippen molar-refractivity contribution in [2.24, 2.45) is 0 Å². The molecule has 0 fully saturated rings. The van der Waals surface area contributed by atoms with Crippen LogP contribution < -0.4 is 20.7 Å². The molecule has 0 spiro atoms. The largest absolute Gasteiger partial charge is 0.419 e. The lowest BCUT2D eigenvalue weighted by Crippen LogP contribution is -2.46. The molecule has 1 atom stereocenters. The summed E-state index contributed by atoms with van der Waals surface area (Å²) >= 11 is 0. The van der Waals surface area contributed by atoms with E-state index in [1.165, 1.54) is 40.1 Å². The molecule has 0 unspecified atom stereocenters. The zero-order valence-electron chi connectivity index (χ0n) is 19.0. The molecule has 5 rings (SSSR count). The second-order valence-electron chi connectivity index (χ2n) is 8.82. The minimum absolute atomic E-state index is 0.145. The van der Waals surface area contributed by atoms with Crippen LogP contribution in [0.1, 0.15) is 46.6 Å². The molecule has 1 amide bonds. The predicted molar refractivity (Wildman–Crippen MR) is 123 cm³/mol. The number of halogens is 5.